The largest absolute Gasteiger partial charge is 0.343 e. The van der Waals surface area contributed by atoms with Gasteiger partial charge >= 0.3 is 0 Å². The number of nitrogens with zero attached hydrogens (tertiary/aromatic N) is 1. The molecule has 0 fully saturated rings. The highest BCUT2D eigenvalue weighted by Crippen LogP contribution is 2.33. The summed E-state index contributed by atoms with van der Waals surface area (Å²) in [6.45, 7) is 2.03. The Kier molecular flexibility index (Phi) is 3.97. The monoisotopic (exact) mass is 328 g/mol. The quantitative estimate of drug-likeness (QED) is 0.803. The van der Waals surface area contributed by atoms with E-state index in [-0.39, 0.29) is 0 Å². The highest BCUT2D eigenvalue weighted by molar-refractivity contribution is 9.10. The fourth-order valence-corrected chi connectivity index (χ4v) is 2.76. The smallest absolute Gasteiger partial charge is 0.130 e. The van der Waals surface area contributed by atoms with E-state index in [1.54, 1.807) is 0 Å². The van der Waals surface area contributed by atoms with E-state index < -0.39 is 0 Å². The van der Waals surface area contributed by atoms with Crippen molar-refractivity contribution in [2.45, 2.75) is 13.3 Å². The summed E-state index contributed by atoms with van der Waals surface area (Å²) in [5.74, 6) is 0.860. The average Bonchev–Trinajstić information content (AvgIpc) is 2.28. The molecule has 0 saturated heterocycles. The molecule has 1 aromatic carbocycles. The molecule has 2 nitrogen and oxygen atoms in total. The molecule has 0 spiro atoms. The van der Waals surface area contributed by atoms with Crippen LogP contribution in [0.2, 0.25) is 5.02 Å². The molecule has 5 heteroatoms. The van der Waals surface area contributed by atoms with Crippen molar-refractivity contribution in [1.82, 2.24) is 9.97 Å². The van der Waals surface area contributed by atoms with Crippen LogP contribution in [0.5, 0.6) is 0 Å². The standard InChI is InChI=1S/C12H10BrClN2S/c1-2-10-15-9(6-11(17)16-10)12-7(13)4-3-5-8(12)14/h3-6H,2H2,1H3,(H,15,16,17). The molecule has 0 aliphatic rings. The van der Waals surface area contributed by atoms with Crippen molar-refractivity contribution in [3.05, 3.63) is 44.2 Å². The number of halogens is 2. The maximum absolute atomic E-state index is 6.21. The molecule has 0 atom stereocenters. The molecule has 0 aliphatic heterocycles. The van der Waals surface area contributed by atoms with E-state index in [2.05, 4.69) is 25.9 Å². The number of benzene rings is 1. The van der Waals surface area contributed by atoms with Crippen LogP contribution in [0.15, 0.2) is 28.7 Å². The van der Waals surface area contributed by atoms with E-state index in [1.807, 2.05) is 31.2 Å². The van der Waals surface area contributed by atoms with Gasteiger partial charge in [0.1, 0.15) is 10.5 Å². The van der Waals surface area contributed by atoms with Gasteiger partial charge in [-0.15, -0.1) is 0 Å². The van der Waals surface area contributed by atoms with Crippen LogP contribution in [-0.4, -0.2) is 9.97 Å². The van der Waals surface area contributed by atoms with Crippen LogP contribution < -0.4 is 0 Å². The number of hydrogen-bond acceptors (Lipinski definition) is 2. The zero-order valence-electron chi connectivity index (χ0n) is 9.13. The minimum Gasteiger partial charge on any atom is -0.343 e. The fraction of sp³-hybridized carbons (Fsp3) is 0.167. The highest BCUT2D eigenvalue weighted by Gasteiger charge is 2.09. The van der Waals surface area contributed by atoms with Crippen LogP contribution in [0.1, 0.15) is 12.7 Å². The molecule has 0 saturated carbocycles. The Bertz CT molecular complexity index is 589. The summed E-state index contributed by atoms with van der Waals surface area (Å²) in [5, 5.41) is 0.679. The Morgan fingerprint density at radius 1 is 1.47 bits per heavy atom. The van der Waals surface area contributed by atoms with E-state index in [0.717, 1.165) is 28.0 Å². The molecule has 2 aromatic rings. The molecule has 1 heterocycles. The van der Waals surface area contributed by atoms with Crippen molar-refractivity contribution in [2.75, 3.05) is 0 Å². The number of rotatable bonds is 2. The van der Waals surface area contributed by atoms with Crippen molar-refractivity contribution in [2.24, 2.45) is 0 Å². The van der Waals surface area contributed by atoms with Gasteiger partial charge in [-0.25, -0.2) is 4.98 Å². The second kappa shape index (κ2) is 5.29. The topological polar surface area (TPSA) is 28.7 Å². The van der Waals surface area contributed by atoms with Crippen LogP contribution in [-0.2, 0) is 6.42 Å². The van der Waals surface area contributed by atoms with Gasteiger partial charge in [-0.2, -0.15) is 0 Å². The van der Waals surface area contributed by atoms with E-state index >= 15 is 0 Å². The van der Waals surface area contributed by atoms with Crippen molar-refractivity contribution in [3.63, 3.8) is 0 Å². The Morgan fingerprint density at radius 2 is 2.24 bits per heavy atom. The molecule has 1 aromatic heterocycles. The zero-order valence-corrected chi connectivity index (χ0v) is 12.3. The Hall–Kier alpha value is -0.710. The molecule has 0 bridgehead atoms. The van der Waals surface area contributed by atoms with Gasteiger partial charge in [-0.05, 0) is 18.2 Å². The third-order valence-electron chi connectivity index (χ3n) is 2.36. The summed E-state index contributed by atoms with van der Waals surface area (Å²) in [4.78, 5) is 7.48. The van der Waals surface area contributed by atoms with E-state index in [9.17, 15) is 0 Å². The van der Waals surface area contributed by atoms with Gasteiger partial charge in [-0.3, -0.25) is 0 Å². The van der Waals surface area contributed by atoms with Crippen LogP contribution in [0.25, 0.3) is 11.3 Å². The van der Waals surface area contributed by atoms with Crippen molar-refractivity contribution < 1.29 is 0 Å². The number of H-pyrrole nitrogens is 1. The fourth-order valence-electron chi connectivity index (χ4n) is 1.57. The van der Waals surface area contributed by atoms with Crippen LogP contribution in [0, 0.1) is 4.64 Å². The lowest BCUT2D eigenvalue weighted by molar-refractivity contribution is 0.936. The summed E-state index contributed by atoms with van der Waals surface area (Å²) in [7, 11) is 0. The molecule has 0 aliphatic carbocycles. The summed E-state index contributed by atoms with van der Waals surface area (Å²) >= 11 is 14.9. The Morgan fingerprint density at radius 3 is 2.88 bits per heavy atom. The second-order valence-electron chi connectivity index (χ2n) is 3.53. The van der Waals surface area contributed by atoms with Crippen molar-refractivity contribution in [3.8, 4) is 11.3 Å². The molecule has 2 rings (SSSR count). The number of aromatic amines is 1. The molecule has 17 heavy (non-hydrogen) atoms. The Labute approximate surface area is 118 Å². The summed E-state index contributed by atoms with van der Waals surface area (Å²) in [6.07, 6.45) is 0.805. The SMILES string of the molecule is CCc1nc(=S)cc(-c2c(Cl)cccc2Br)[nH]1. The maximum atomic E-state index is 6.21. The first kappa shape index (κ1) is 12.7. The van der Waals surface area contributed by atoms with E-state index in [1.165, 1.54) is 0 Å². The molecule has 0 unspecified atom stereocenters. The first-order valence-electron chi connectivity index (χ1n) is 5.16. The first-order valence-corrected chi connectivity index (χ1v) is 6.74. The van der Waals surface area contributed by atoms with E-state index in [0.29, 0.717) is 9.66 Å². The number of nitrogens with one attached hydrogen (secondary N) is 1. The average molecular weight is 330 g/mol. The first-order chi connectivity index (χ1) is 8.11. The summed E-state index contributed by atoms with van der Waals surface area (Å²) in [5.41, 5.74) is 1.80. The number of aryl methyl sites for hydroxylation is 1. The third kappa shape index (κ3) is 2.76. The minimum absolute atomic E-state index is 0.572. The summed E-state index contributed by atoms with van der Waals surface area (Å²) in [6, 6.07) is 7.52. The van der Waals surface area contributed by atoms with Gasteiger partial charge in [0.05, 0.1) is 10.7 Å². The van der Waals surface area contributed by atoms with Gasteiger partial charge in [0, 0.05) is 16.5 Å². The van der Waals surface area contributed by atoms with Gasteiger partial charge in [0.25, 0.3) is 0 Å². The lowest BCUT2D eigenvalue weighted by Crippen LogP contribution is -1.96. The molecular weight excluding hydrogens is 320 g/mol. The molecule has 1 N–H and O–H groups in total. The third-order valence-corrected chi connectivity index (χ3v) is 3.54. The van der Waals surface area contributed by atoms with Crippen molar-refractivity contribution >= 4 is 39.7 Å². The van der Waals surface area contributed by atoms with Gasteiger partial charge < -0.3 is 4.98 Å². The van der Waals surface area contributed by atoms with Crippen LogP contribution >= 0.6 is 39.7 Å². The minimum atomic E-state index is 0.572. The summed E-state index contributed by atoms with van der Waals surface area (Å²) < 4.78 is 1.51. The Balaban J connectivity index is 2.68. The lowest BCUT2D eigenvalue weighted by Gasteiger charge is -2.08. The van der Waals surface area contributed by atoms with Crippen LogP contribution in [0.4, 0.5) is 0 Å². The van der Waals surface area contributed by atoms with Gasteiger partial charge in [0.15, 0.2) is 0 Å². The zero-order chi connectivity index (χ0) is 12.4. The normalized spacial score (nSPS) is 10.5. The van der Waals surface area contributed by atoms with E-state index in [4.69, 9.17) is 23.8 Å². The highest BCUT2D eigenvalue weighted by atomic mass is 79.9. The van der Waals surface area contributed by atoms with Gasteiger partial charge in [-0.1, -0.05) is 52.7 Å². The number of hydrogen-bond donors (Lipinski definition) is 1. The van der Waals surface area contributed by atoms with Crippen LogP contribution in [0.3, 0.4) is 0 Å². The molecule has 0 amide bonds. The lowest BCUT2D eigenvalue weighted by atomic mass is 10.1. The maximum Gasteiger partial charge on any atom is 0.130 e. The predicted octanol–water partition coefficient (Wildman–Crippen LogP) is 4.78. The second-order valence-corrected chi connectivity index (χ2v) is 5.21. The predicted molar refractivity (Wildman–Crippen MR) is 76.9 cm³/mol. The van der Waals surface area contributed by atoms with Crippen molar-refractivity contribution in [1.29, 1.82) is 0 Å². The number of aromatic nitrogens is 2. The van der Waals surface area contributed by atoms with Gasteiger partial charge in [0.2, 0.25) is 0 Å². The molecular formula is C12H10BrClN2S. The molecule has 0 radical (unpaired) electrons. The molecule has 88 valence electrons.